The van der Waals surface area contributed by atoms with E-state index in [-0.39, 0.29) is 52.7 Å². The smallest absolute Gasteiger partial charge is 0.408 e. The van der Waals surface area contributed by atoms with Gasteiger partial charge >= 0.3 is 28.8 Å². The Kier molecular flexibility index (Phi) is 12.6. The van der Waals surface area contributed by atoms with E-state index in [2.05, 4.69) is 15.0 Å². The second-order valence-electron chi connectivity index (χ2n) is 12.4. The number of alkyl carbamates (subject to hydrolysis) is 1. The standard InChI is InChI=1S/C33H36Cl2F2N2O9S/c1-33(2,3)47-32(41)39-26(13-19-7-10-22(11-8-19)48-49(4,42)43)30(40)45-28(15-23-24(34)16-38-17-25(23)35)21-9-12-27(46-31(36)37)29(14-21)44-18-20-5-6-20/h7-12,14,16-17,20,26,28,31H,5-6,13,15,18H2,1-4H3,(H,39,41)/t26-,28-/m0/s1. The van der Waals surface area contributed by atoms with Gasteiger partial charge in [0.15, 0.2) is 11.5 Å². The van der Waals surface area contributed by atoms with Crippen LogP contribution in [0.5, 0.6) is 17.2 Å². The first-order valence-electron chi connectivity index (χ1n) is 15.1. The zero-order valence-electron chi connectivity index (χ0n) is 27.1. The summed E-state index contributed by atoms with van der Waals surface area (Å²) in [5.74, 6) is -0.717. The molecule has 1 N–H and O–H groups in total. The number of nitrogens with zero attached hydrogens (tertiary/aromatic N) is 1. The van der Waals surface area contributed by atoms with Crippen molar-refractivity contribution in [2.45, 2.75) is 70.8 Å². The molecule has 49 heavy (non-hydrogen) atoms. The molecular formula is C33H36Cl2F2N2O9S. The molecule has 0 radical (unpaired) electrons. The molecule has 2 aromatic carbocycles. The van der Waals surface area contributed by atoms with Crippen molar-refractivity contribution in [1.82, 2.24) is 10.3 Å². The highest BCUT2D eigenvalue weighted by molar-refractivity contribution is 7.86. The number of benzene rings is 2. The molecule has 0 saturated heterocycles. The number of rotatable bonds is 15. The fourth-order valence-electron chi connectivity index (χ4n) is 4.53. The van der Waals surface area contributed by atoms with Crippen LogP contribution in [0.25, 0.3) is 0 Å². The molecule has 1 aromatic heterocycles. The number of hydrogen-bond donors (Lipinski definition) is 1. The molecular weight excluding hydrogens is 709 g/mol. The summed E-state index contributed by atoms with van der Waals surface area (Å²) in [4.78, 5) is 30.8. The fraction of sp³-hybridized carbons (Fsp3) is 0.424. The lowest BCUT2D eigenvalue weighted by Gasteiger charge is -2.26. The van der Waals surface area contributed by atoms with Crippen LogP contribution in [0.15, 0.2) is 54.9 Å². The first kappa shape index (κ1) is 37.9. The highest BCUT2D eigenvalue weighted by Gasteiger charge is 2.31. The minimum atomic E-state index is -3.77. The van der Waals surface area contributed by atoms with Gasteiger partial charge in [-0.1, -0.05) is 41.4 Å². The highest BCUT2D eigenvalue weighted by Crippen LogP contribution is 2.38. The normalized spacial score (nSPS) is 14.5. The van der Waals surface area contributed by atoms with Gasteiger partial charge in [-0.3, -0.25) is 4.98 Å². The third kappa shape index (κ3) is 12.5. The third-order valence-electron chi connectivity index (χ3n) is 6.91. The molecule has 266 valence electrons. The van der Waals surface area contributed by atoms with Gasteiger partial charge in [0.05, 0.1) is 22.9 Å². The summed E-state index contributed by atoms with van der Waals surface area (Å²) in [5.41, 5.74) is 0.352. The van der Waals surface area contributed by atoms with E-state index in [0.717, 1.165) is 19.1 Å². The quantitative estimate of drug-likeness (QED) is 0.127. The number of nitrogens with one attached hydrogen (secondary N) is 1. The number of halogens is 4. The number of amides is 1. The van der Waals surface area contributed by atoms with Crippen LogP contribution in [0.4, 0.5) is 13.6 Å². The number of carbonyl (C=O) groups is 2. The van der Waals surface area contributed by atoms with E-state index in [1.54, 1.807) is 20.8 Å². The molecule has 0 unspecified atom stereocenters. The van der Waals surface area contributed by atoms with Gasteiger partial charge in [0, 0.05) is 25.2 Å². The number of ether oxygens (including phenoxy) is 4. The summed E-state index contributed by atoms with van der Waals surface area (Å²) in [7, 11) is -3.77. The molecule has 0 aliphatic heterocycles. The van der Waals surface area contributed by atoms with E-state index in [0.29, 0.717) is 16.7 Å². The van der Waals surface area contributed by atoms with Crippen molar-refractivity contribution in [2.24, 2.45) is 5.92 Å². The zero-order valence-corrected chi connectivity index (χ0v) is 29.4. The summed E-state index contributed by atoms with van der Waals surface area (Å²) in [6, 6.07) is 8.71. The summed E-state index contributed by atoms with van der Waals surface area (Å²) in [6.07, 6.45) is 3.35. The predicted octanol–water partition coefficient (Wildman–Crippen LogP) is 7.08. The molecule has 3 aromatic rings. The molecule has 16 heteroatoms. The molecule has 1 heterocycles. The lowest BCUT2D eigenvalue weighted by Crippen LogP contribution is -2.45. The number of hydrogen-bond acceptors (Lipinski definition) is 10. The van der Waals surface area contributed by atoms with Crippen LogP contribution in [0.2, 0.25) is 10.0 Å². The second-order valence-corrected chi connectivity index (χ2v) is 14.8. The van der Waals surface area contributed by atoms with E-state index in [4.69, 9.17) is 41.6 Å². The number of aromatic nitrogens is 1. The van der Waals surface area contributed by atoms with Crippen molar-refractivity contribution >= 4 is 45.4 Å². The largest absolute Gasteiger partial charge is 0.489 e. The zero-order chi connectivity index (χ0) is 35.9. The molecule has 1 aliphatic carbocycles. The van der Waals surface area contributed by atoms with Crippen molar-refractivity contribution in [1.29, 1.82) is 0 Å². The molecule has 0 bridgehead atoms. The number of esters is 1. The summed E-state index contributed by atoms with van der Waals surface area (Å²) >= 11 is 12.8. The minimum Gasteiger partial charge on any atom is -0.489 e. The van der Waals surface area contributed by atoms with Crippen LogP contribution in [0.3, 0.4) is 0 Å². The summed E-state index contributed by atoms with van der Waals surface area (Å²) in [5, 5.41) is 2.93. The topological polar surface area (TPSA) is 139 Å². The van der Waals surface area contributed by atoms with E-state index < -0.39 is 46.5 Å². The van der Waals surface area contributed by atoms with Crippen molar-refractivity contribution in [2.75, 3.05) is 12.9 Å². The maximum Gasteiger partial charge on any atom is 0.408 e. The van der Waals surface area contributed by atoms with Crippen molar-refractivity contribution in [3.8, 4) is 17.2 Å². The Hall–Kier alpha value is -3.88. The lowest BCUT2D eigenvalue weighted by molar-refractivity contribution is -0.152. The molecule has 1 fully saturated rings. The van der Waals surface area contributed by atoms with Gasteiger partial charge in [-0.25, -0.2) is 9.59 Å². The maximum absolute atomic E-state index is 13.9. The van der Waals surface area contributed by atoms with Gasteiger partial charge in [-0.2, -0.15) is 17.2 Å². The fourth-order valence-corrected chi connectivity index (χ4v) is 5.51. The lowest BCUT2D eigenvalue weighted by atomic mass is 10.0. The average molecular weight is 746 g/mol. The van der Waals surface area contributed by atoms with Crippen LogP contribution < -0.4 is 19.0 Å². The van der Waals surface area contributed by atoms with Crippen LogP contribution >= 0.6 is 23.2 Å². The van der Waals surface area contributed by atoms with Gasteiger partial charge in [0.1, 0.15) is 23.5 Å². The van der Waals surface area contributed by atoms with Crippen molar-refractivity contribution < 1.29 is 49.9 Å². The predicted molar refractivity (Wildman–Crippen MR) is 177 cm³/mol. The van der Waals surface area contributed by atoms with Gasteiger partial charge in [-0.05, 0) is 80.5 Å². The van der Waals surface area contributed by atoms with Crippen LogP contribution in [0.1, 0.15) is 56.4 Å². The first-order chi connectivity index (χ1) is 23.0. The number of alkyl halides is 2. The Labute approximate surface area is 293 Å². The average Bonchev–Trinajstić information content (AvgIpc) is 3.81. The maximum atomic E-state index is 13.9. The minimum absolute atomic E-state index is 0.0255. The van der Waals surface area contributed by atoms with E-state index in [1.165, 1.54) is 54.9 Å². The Morgan fingerprint density at radius 2 is 1.65 bits per heavy atom. The molecule has 0 spiro atoms. The van der Waals surface area contributed by atoms with Gasteiger partial charge < -0.3 is 28.4 Å². The molecule has 1 amide bonds. The Bertz CT molecular complexity index is 1710. The highest BCUT2D eigenvalue weighted by atomic mass is 35.5. The van der Waals surface area contributed by atoms with E-state index in [9.17, 15) is 26.8 Å². The van der Waals surface area contributed by atoms with Crippen molar-refractivity contribution in [3.63, 3.8) is 0 Å². The number of pyridine rings is 1. The van der Waals surface area contributed by atoms with Crippen LogP contribution in [-0.2, 0) is 37.2 Å². The van der Waals surface area contributed by atoms with Crippen molar-refractivity contribution in [3.05, 3.63) is 81.6 Å². The molecule has 1 aliphatic rings. The third-order valence-corrected chi connectivity index (χ3v) is 8.06. The summed E-state index contributed by atoms with van der Waals surface area (Å²) in [6.45, 7) is 2.14. The molecule has 11 nitrogen and oxygen atoms in total. The monoisotopic (exact) mass is 744 g/mol. The van der Waals surface area contributed by atoms with Gasteiger partial charge in [0.2, 0.25) is 0 Å². The van der Waals surface area contributed by atoms with Crippen LogP contribution in [-0.4, -0.2) is 56.6 Å². The summed E-state index contributed by atoms with van der Waals surface area (Å²) < 4.78 is 76.3. The Morgan fingerprint density at radius 3 is 2.22 bits per heavy atom. The first-order valence-corrected chi connectivity index (χ1v) is 17.7. The van der Waals surface area contributed by atoms with Gasteiger partial charge in [0.25, 0.3) is 0 Å². The van der Waals surface area contributed by atoms with E-state index in [1.807, 2.05) is 0 Å². The molecule has 2 atom stereocenters. The van der Waals surface area contributed by atoms with Crippen LogP contribution in [0, 0.1) is 5.92 Å². The Morgan fingerprint density at radius 1 is 1.00 bits per heavy atom. The molecule has 1 saturated carbocycles. The SMILES string of the molecule is CC(C)(C)OC(=O)N[C@@H](Cc1ccc(OS(C)(=O)=O)cc1)C(=O)O[C@@H](Cc1c(Cl)cncc1Cl)c1ccc(OC(F)F)c(OCC2CC2)c1. The second kappa shape index (κ2) is 16.2. The van der Waals surface area contributed by atoms with Gasteiger partial charge in [-0.15, -0.1) is 0 Å². The Balaban J connectivity index is 1.68. The molecule has 4 rings (SSSR count). The van der Waals surface area contributed by atoms with E-state index >= 15 is 0 Å². The number of carbonyl (C=O) groups excluding carboxylic acids is 2.